The molecule has 2 saturated carbocycles. The lowest BCUT2D eigenvalue weighted by atomic mass is 9.47. The molecule has 224 valence electrons. The normalized spacial score (nSPS) is 34.6. The van der Waals surface area contributed by atoms with E-state index in [1.165, 1.54) is 36.1 Å². The maximum atomic E-state index is 13.7. The summed E-state index contributed by atoms with van der Waals surface area (Å²) >= 11 is 0. The van der Waals surface area contributed by atoms with Crippen molar-refractivity contribution in [3.05, 3.63) is 52.6 Å². The molecule has 1 aliphatic heterocycles. The zero-order valence-electron chi connectivity index (χ0n) is 25.1. The first-order valence-corrected chi connectivity index (χ1v) is 15.9. The molecular weight excluding hydrogens is 535 g/mol. The van der Waals surface area contributed by atoms with E-state index >= 15 is 0 Å². The van der Waals surface area contributed by atoms with E-state index in [1.54, 1.807) is 12.8 Å². The lowest BCUT2D eigenvalue weighted by Gasteiger charge is -2.55. The molecule has 4 aliphatic carbocycles. The highest BCUT2D eigenvalue weighted by molar-refractivity contribution is 5.93. The Morgan fingerprint density at radius 1 is 1.10 bits per heavy atom. The molecule has 0 spiro atoms. The van der Waals surface area contributed by atoms with Crippen molar-refractivity contribution >= 4 is 17.3 Å². The number of piperidine rings is 1. The van der Waals surface area contributed by atoms with Gasteiger partial charge in [0.1, 0.15) is 0 Å². The summed E-state index contributed by atoms with van der Waals surface area (Å²) in [7, 11) is 0. The summed E-state index contributed by atoms with van der Waals surface area (Å²) in [5.74, 6) is 4.60. The molecule has 3 nitrogen and oxygen atoms in total. The van der Waals surface area contributed by atoms with E-state index in [1.807, 2.05) is 6.08 Å². The predicted octanol–water partition coefficient (Wildman–Crippen LogP) is 8.35. The fourth-order valence-corrected chi connectivity index (χ4v) is 9.56. The first kappa shape index (κ1) is 29.3. The number of halogens is 3. The molecule has 1 saturated heterocycles. The molecule has 1 aromatic rings. The molecule has 0 radical (unpaired) electrons. The van der Waals surface area contributed by atoms with Crippen molar-refractivity contribution in [3.8, 4) is 11.8 Å². The van der Waals surface area contributed by atoms with Crippen LogP contribution in [0.2, 0.25) is 0 Å². The summed E-state index contributed by atoms with van der Waals surface area (Å²) in [5, 5.41) is 0. The van der Waals surface area contributed by atoms with Gasteiger partial charge in [0, 0.05) is 43.5 Å². The van der Waals surface area contributed by atoms with Crippen LogP contribution in [0.4, 0.5) is 18.9 Å². The summed E-state index contributed by atoms with van der Waals surface area (Å²) in [6, 6.07) is 8.81. The van der Waals surface area contributed by atoms with Gasteiger partial charge in [-0.3, -0.25) is 9.59 Å². The molecule has 2 unspecified atom stereocenters. The summed E-state index contributed by atoms with van der Waals surface area (Å²) in [4.78, 5) is 28.7. The Bertz CT molecular complexity index is 1390. The van der Waals surface area contributed by atoms with E-state index in [2.05, 4.69) is 48.9 Å². The van der Waals surface area contributed by atoms with Gasteiger partial charge in [-0.1, -0.05) is 44.4 Å². The second-order valence-electron chi connectivity index (χ2n) is 13.6. The molecule has 5 aliphatic rings. The maximum Gasteiger partial charge on any atom is 0.457 e. The van der Waals surface area contributed by atoms with Crippen molar-refractivity contribution in [2.24, 2.45) is 28.6 Å². The topological polar surface area (TPSA) is 37.4 Å². The second-order valence-corrected chi connectivity index (χ2v) is 13.6. The predicted molar refractivity (Wildman–Crippen MR) is 159 cm³/mol. The monoisotopic (exact) mass is 577 g/mol. The third-order valence-corrected chi connectivity index (χ3v) is 11.5. The van der Waals surface area contributed by atoms with Crippen LogP contribution in [0.15, 0.2) is 47.1 Å². The van der Waals surface area contributed by atoms with Crippen LogP contribution in [-0.4, -0.2) is 30.8 Å². The highest BCUT2D eigenvalue weighted by Gasteiger charge is 2.65. The lowest BCUT2D eigenvalue weighted by molar-refractivity contribution is -0.132. The number of fused-ring (bicyclic) bond motifs is 4. The summed E-state index contributed by atoms with van der Waals surface area (Å²) in [6.07, 6.45) is 4.77. The summed E-state index contributed by atoms with van der Waals surface area (Å²) in [5.41, 5.74) is 4.20. The summed E-state index contributed by atoms with van der Waals surface area (Å²) < 4.78 is 40.6. The highest BCUT2D eigenvalue weighted by atomic mass is 19.4. The molecule has 1 aromatic carbocycles. The van der Waals surface area contributed by atoms with Crippen molar-refractivity contribution in [3.63, 3.8) is 0 Å². The Morgan fingerprint density at radius 2 is 1.81 bits per heavy atom. The number of alkyl halides is 3. The number of nitrogens with zero attached hydrogens (tertiary/aromatic N) is 1. The quantitative estimate of drug-likeness (QED) is 0.338. The average molecular weight is 578 g/mol. The van der Waals surface area contributed by atoms with Crippen LogP contribution < -0.4 is 4.90 Å². The molecule has 3 fully saturated rings. The van der Waals surface area contributed by atoms with Crippen molar-refractivity contribution in [1.29, 1.82) is 0 Å². The zero-order chi connectivity index (χ0) is 29.9. The summed E-state index contributed by atoms with van der Waals surface area (Å²) in [6.45, 7) is 8.11. The van der Waals surface area contributed by atoms with E-state index in [-0.39, 0.29) is 41.7 Å². The second kappa shape index (κ2) is 10.7. The smallest absolute Gasteiger partial charge is 0.372 e. The Hall–Kier alpha value is -2.81. The van der Waals surface area contributed by atoms with Crippen LogP contribution in [0.3, 0.4) is 0 Å². The first-order valence-electron chi connectivity index (χ1n) is 15.9. The van der Waals surface area contributed by atoms with E-state index in [9.17, 15) is 22.8 Å². The Labute approximate surface area is 248 Å². The van der Waals surface area contributed by atoms with Gasteiger partial charge in [0.2, 0.25) is 0 Å². The van der Waals surface area contributed by atoms with Crippen LogP contribution >= 0.6 is 0 Å². The highest BCUT2D eigenvalue weighted by Crippen LogP contribution is 2.70. The number of anilines is 1. The number of benzene rings is 1. The van der Waals surface area contributed by atoms with Gasteiger partial charge in [0.05, 0.1) is 5.41 Å². The van der Waals surface area contributed by atoms with Gasteiger partial charge in [-0.25, -0.2) is 0 Å². The standard InChI is InChI=1S/C36H42F3NO2/c1-4-32(42)35(16-17-36(37,38)39)15-14-31-29-20-23(2)28-21-26(41)12-13-27(28)33(29)30(22-34(31,35)3)24-8-10-25(11-9-24)40-18-6-5-7-19-40/h8-11,21,23,29-31H,4-7,12-15,18-20,22H2,1-3H3/t23?,29-,30?,31-,34-,35-/m0/s1. The third kappa shape index (κ3) is 4.76. The van der Waals surface area contributed by atoms with Crippen LogP contribution in [0.5, 0.6) is 0 Å². The van der Waals surface area contributed by atoms with Gasteiger partial charge < -0.3 is 4.90 Å². The molecule has 6 heteroatoms. The Kier molecular flexibility index (Phi) is 7.47. The number of hydrogen-bond acceptors (Lipinski definition) is 3. The van der Waals surface area contributed by atoms with E-state index in [0.29, 0.717) is 25.7 Å². The number of allylic oxidation sites excluding steroid dienone is 4. The van der Waals surface area contributed by atoms with Gasteiger partial charge in [-0.15, -0.1) is 0 Å². The van der Waals surface area contributed by atoms with Crippen LogP contribution in [0.1, 0.15) is 96.5 Å². The molecule has 0 bridgehead atoms. The minimum absolute atomic E-state index is 0.0272. The van der Waals surface area contributed by atoms with E-state index in [4.69, 9.17) is 0 Å². The number of Topliss-reactive ketones (excluding diaryl/α,β-unsaturated/α-hetero) is 1. The molecular formula is C36H42F3NO2. The minimum Gasteiger partial charge on any atom is -0.372 e. The maximum absolute atomic E-state index is 13.7. The fraction of sp³-hybridized carbons (Fsp3) is 0.611. The number of rotatable bonds is 4. The van der Waals surface area contributed by atoms with Gasteiger partial charge in [-0.2, -0.15) is 13.2 Å². The van der Waals surface area contributed by atoms with Crippen molar-refractivity contribution in [2.45, 2.75) is 97.1 Å². The zero-order valence-corrected chi connectivity index (χ0v) is 25.1. The van der Waals surface area contributed by atoms with E-state index in [0.717, 1.165) is 37.1 Å². The molecule has 0 N–H and O–H groups in total. The van der Waals surface area contributed by atoms with E-state index < -0.39 is 17.0 Å². The fourth-order valence-electron chi connectivity index (χ4n) is 9.56. The van der Waals surface area contributed by atoms with Gasteiger partial charge >= 0.3 is 6.18 Å². The minimum atomic E-state index is -4.64. The largest absolute Gasteiger partial charge is 0.457 e. The number of carbonyl (C=O) groups is 2. The first-order chi connectivity index (χ1) is 20.0. The van der Waals surface area contributed by atoms with Crippen LogP contribution in [0.25, 0.3) is 0 Å². The number of ketones is 2. The van der Waals surface area contributed by atoms with Gasteiger partial charge in [0.15, 0.2) is 11.6 Å². The molecule has 0 aromatic heterocycles. The van der Waals surface area contributed by atoms with Crippen molar-refractivity contribution < 1.29 is 22.8 Å². The Balaban J connectivity index is 1.50. The molecule has 1 heterocycles. The van der Waals surface area contributed by atoms with Crippen LogP contribution in [-0.2, 0) is 9.59 Å². The lowest BCUT2D eigenvalue weighted by Crippen LogP contribution is -2.51. The molecule has 0 amide bonds. The van der Waals surface area contributed by atoms with Gasteiger partial charge in [-0.05, 0) is 109 Å². The van der Waals surface area contributed by atoms with Crippen molar-refractivity contribution in [1.82, 2.24) is 0 Å². The third-order valence-electron chi connectivity index (χ3n) is 11.5. The number of hydrogen-bond donors (Lipinski definition) is 0. The SMILES string of the molecule is CCC(=O)[C@@]1(C#CC(F)(F)F)CC[C@H]2[C@@H]3CC(C)C4=CC(=O)CCC4=C3C(c3ccc(N4CCCCC4)cc3)C[C@@]21C. The van der Waals surface area contributed by atoms with Gasteiger partial charge in [0.25, 0.3) is 0 Å². The molecule has 6 atom stereocenters. The number of carbonyl (C=O) groups excluding carboxylic acids is 2. The molecule has 6 rings (SSSR count). The average Bonchev–Trinajstić information content (AvgIpc) is 3.28. The molecule has 42 heavy (non-hydrogen) atoms. The van der Waals surface area contributed by atoms with Crippen LogP contribution in [0, 0.1) is 40.4 Å². The Morgan fingerprint density at radius 3 is 2.48 bits per heavy atom. The van der Waals surface area contributed by atoms with Crippen molar-refractivity contribution in [2.75, 3.05) is 18.0 Å².